The van der Waals surface area contributed by atoms with E-state index in [2.05, 4.69) is 31.4 Å². The minimum absolute atomic E-state index is 0.134. The van der Waals surface area contributed by atoms with E-state index in [9.17, 15) is 4.79 Å². The van der Waals surface area contributed by atoms with E-state index >= 15 is 0 Å². The first-order valence-corrected chi connectivity index (χ1v) is 6.72. The molecule has 0 radical (unpaired) electrons. The highest BCUT2D eigenvalue weighted by Gasteiger charge is 2.18. The van der Waals surface area contributed by atoms with Crippen molar-refractivity contribution < 1.29 is 4.79 Å². The third-order valence-electron chi connectivity index (χ3n) is 2.49. The Hall–Kier alpha value is -1.24. The Kier molecular flexibility index (Phi) is 4.03. The lowest BCUT2D eigenvalue weighted by Crippen LogP contribution is -2.14. The Bertz CT molecular complexity index is 637. The molecule has 0 unspecified atom stereocenters. The minimum Gasteiger partial charge on any atom is -0.382 e. The zero-order valence-corrected chi connectivity index (χ0v) is 12.8. The van der Waals surface area contributed by atoms with Crippen LogP contribution in [0.25, 0.3) is 0 Å². The summed E-state index contributed by atoms with van der Waals surface area (Å²) in [6, 6.07) is 3.33. The van der Waals surface area contributed by atoms with Crippen LogP contribution in [0.4, 0.5) is 11.5 Å². The summed E-state index contributed by atoms with van der Waals surface area (Å²) in [6.07, 6.45) is 0. The lowest BCUT2D eigenvalue weighted by atomic mass is 10.2. The fraction of sp³-hybridized carbons (Fsp3) is 0.0909. The number of hydrogen-bond donors (Lipinski definition) is 3. The molecule has 0 fully saturated rings. The quantitative estimate of drug-likeness (QED) is 0.712. The molecule has 5 nitrogen and oxygen atoms in total. The number of aromatic nitrogens is 2. The van der Waals surface area contributed by atoms with Crippen LogP contribution < -0.4 is 11.1 Å². The predicted octanol–water partition coefficient (Wildman–Crippen LogP) is 3.62. The van der Waals surface area contributed by atoms with Gasteiger partial charge in [-0.2, -0.15) is 5.10 Å². The summed E-state index contributed by atoms with van der Waals surface area (Å²) in [6.45, 7) is 1.70. The van der Waals surface area contributed by atoms with E-state index in [-0.39, 0.29) is 16.4 Å². The number of nitrogens with two attached hydrogens (primary N) is 1. The zero-order chi connectivity index (χ0) is 14.2. The van der Waals surface area contributed by atoms with Crippen molar-refractivity contribution in [3.63, 3.8) is 0 Å². The van der Waals surface area contributed by atoms with Gasteiger partial charge in [0.05, 0.1) is 15.7 Å². The molecule has 8 heteroatoms. The average Bonchev–Trinajstić information content (AvgIpc) is 2.70. The Morgan fingerprint density at radius 1 is 1.42 bits per heavy atom. The number of nitrogens with zero attached hydrogens (tertiary/aromatic N) is 1. The van der Waals surface area contributed by atoms with E-state index in [4.69, 9.17) is 28.9 Å². The van der Waals surface area contributed by atoms with Gasteiger partial charge in [0.15, 0.2) is 5.82 Å². The van der Waals surface area contributed by atoms with Crippen LogP contribution in [-0.2, 0) is 0 Å². The molecule has 100 valence electrons. The van der Waals surface area contributed by atoms with E-state index < -0.39 is 5.91 Å². The molecule has 2 aromatic rings. The number of aromatic amines is 1. The lowest BCUT2D eigenvalue weighted by Gasteiger charge is -2.09. The summed E-state index contributed by atoms with van der Waals surface area (Å²) in [7, 11) is 0. The topological polar surface area (TPSA) is 83.8 Å². The SMILES string of the molecule is Cc1[nH]nc(N)c1C(=O)Nc1ccc(Br)c(Cl)c1Cl. The summed E-state index contributed by atoms with van der Waals surface area (Å²) in [5, 5.41) is 9.62. The number of benzene rings is 1. The smallest absolute Gasteiger partial charge is 0.261 e. The van der Waals surface area contributed by atoms with Gasteiger partial charge in [-0.3, -0.25) is 9.89 Å². The number of carbonyl (C=O) groups is 1. The van der Waals surface area contributed by atoms with Crippen LogP contribution >= 0.6 is 39.1 Å². The second-order valence-electron chi connectivity index (χ2n) is 3.79. The van der Waals surface area contributed by atoms with Crippen molar-refractivity contribution in [2.24, 2.45) is 0 Å². The van der Waals surface area contributed by atoms with Gasteiger partial charge in [0, 0.05) is 10.2 Å². The predicted molar refractivity (Wildman–Crippen MR) is 79.9 cm³/mol. The van der Waals surface area contributed by atoms with Gasteiger partial charge in [0.1, 0.15) is 5.56 Å². The normalized spacial score (nSPS) is 10.5. The van der Waals surface area contributed by atoms with Gasteiger partial charge >= 0.3 is 0 Å². The first-order chi connectivity index (χ1) is 8.91. The highest BCUT2D eigenvalue weighted by atomic mass is 79.9. The van der Waals surface area contributed by atoms with Gasteiger partial charge in [-0.15, -0.1) is 0 Å². The molecular formula is C11H9BrCl2N4O. The molecule has 1 aromatic carbocycles. The fourth-order valence-electron chi connectivity index (χ4n) is 1.54. The number of nitrogen functional groups attached to an aromatic ring is 1. The van der Waals surface area contributed by atoms with Gasteiger partial charge < -0.3 is 11.1 Å². The maximum atomic E-state index is 12.1. The van der Waals surface area contributed by atoms with Crippen LogP contribution in [0.1, 0.15) is 16.1 Å². The van der Waals surface area contributed by atoms with Crippen LogP contribution in [0.3, 0.4) is 0 Å². The molecule has 1 amide bonds. The summed E-state index contributed by atoms with van der Waals surface area (Å²) in [5.41, 5.74) is 6.89. The van der Waals surface area contributed by atoms with Crippen LogP contribution in [0.15, 0.2) is 16.6 Å². The zero-order valence-electron chi connectivity index (χ0n) is 9.72. The van der Waals surface area contributed by atoms with Crippen molar-refractivity contribution in [1.29, 1.82) is 0 Å². The molecule has 0 aliphatic carbocycles. The second kappa shape index (κ2) is 5.40. The first-order valence-electron chi connectivity index (χ1n) is 5.17. The van der Waals surface area contributed by atoms with E-state index in [1.54, 1.807) is 19.1 Å². The van der Waals surface area contributed by atoms with E-state index in [1.165, 1.54) is 0 Å². The number of hydrogen-bond acceptors (Lipinski definition) is 3. The number of aryl methyl sites for hydroxylation is 1. The molecular weight excluding hydrogens is 355 g/mol. The molecule has 2 rings (SSSR count). The number of rotatable bonds is 2. The summed E-state index contributed by atoms with van der Waals surface area (Å²) in [4.78, 5) is 12.1. The molecule has 0 saturated heterocycles. The third kappa shape index (κ3) is 2.70. The number of nitrogens with one attached hydrogen (secondary N) is 2. The molecule has 0 bridgehead atoms. The van der Waals surface area contributed by atoms with Gasteiger partial charge in [-0.05, 0) is 35.0 Å². The van der Waals surface area contributed by atoms with E-state index in [1.807, 2.05) is 0 Å². The summed E-state index contributed by atoms with van der Waals surface area (Å²) in [5.74, 6) is -0.265. The van der Waals surface area contributed by atoms with E-state index in [0.29, 0.717) is 20.9 Å². The summed E-state index contributed by atoms with van der Waals surface area (Å²) < 4.78 is 0.649. The Morgan fingerprint density at radius 2 is 2.11 bits per heavy atom. The van der Waals surface area contributed by atoms with Gasteiger partial charge in [-0.25, -0.2) is 0 Å². The second-order valence-corrected chi connectivity index (χ2v) is 5.40. The van der Waals surface area contributed by atoms with Crippen molar-refractivity contribution in [3.8, 4) is 0 Å². The molecule has 4 N–H and O–H groups in total. The van der Waals surface area contributed by atoms with Crippen LogP contribution in [0.2, 0.25) is 10.0 Å². The van der Waals surface area contributed by atoms with Crippen LogP contribution in [0.5, 0.6) is 0 Å². The number of carbonyl (C=O) groups excluding carboxylic acids is 1. The van der Waals surface area contributed by atoms with Crippen LogP contribution in [0, 0.1) is 6.92 Å². The number of halogens is 3. The monoisotopic (exact) mass is 362 g/mol. The van der Waals surface area contributed by atoms with Gasteiger partial charge in [0.25, 0.3) is 5.91 Å². The molecule has 0 spiro atoms. The molecule has 1 heterocycles. The molecule has 0 atom stereocenters. The third-order valence-corrected chi connectivity index (χ3v) is 4.26. The maximum absolute atomic E-state index is 12.1. The molecule has 0 aliphatic heterocycles. The largest absolute Gasteiger partial charge is 0.382 e. The van der Waals surface area contributed by atoms with Gasteiger partial charge in [-0.1, -0.05) is 23.2 Å². The van der Waals surface area contributed by atoms with Crippen molar-refractivity contribution in [1.82, 2.24) is 10.2 Å². The fourth-order valence-corrected chi connectivity index (χ4v) is 2.36. The number of amides is 1. The van der Waals surface area contributed by atoms with Gasteiger partial charge in [0.2, 0.25) is 0 Å². The number of H-pyrrole nitrogens is 1. The van der Waals surface area contributed by atoms with Crippen molar-refractivity contribution in [2.75, 3.05) is 11.1 Å². The van der Waals surface area contributed by atoms with Crippen molar-refractivity contribution >= 4 is 56.5 Å². The van der Waals surface area contributed by atoms with E-state index in [0.717, 1.165) is 0 Å². The Labute approximate surface area is 127 Å². The molecule has 1 aromatic heterocycles. The summed E-state index contributed by atoms with van der Waals surface area (Å²) >= 11 is 15.3. The molecule has 0 aliphatic rings. The highest BCUT2D eigenvalue weighted by Crippen LogP contribution is 2.36. The molecule has 19 heavy (non-hydrogen) atoms. The van der Waals surface area contributed by atoms with Crippen molar-refractivity contribution in [2.45, 2.75) is 6.92 Å². The van der Waals surface area contributed by atoms with Crippen LogP contribution in [-0.4, -0.2) is 16.1 Å². The Morgan fingerprint density at radius 3 is 2.68 bits per heavy atom. The average molecular weight is 364 g/mol. The lowest BCUT2D eigenvalue weighted by molar-refractivity contribution is 0.102. The Balaban J connectivity index is 2.32. The number of anilines is 2. The minimum atomic E-state index is -0.399. The van der Waals surface area contributed by atoms with Crippen molar-refractivity contribution in [3.05, 3.63) is 37.9 Å². The first kappa shape index (κ1) is 14.2. The standard InChI is InChI=1S/C11H9BrCl2N4O/c1-4-7(10(15)18-17-4)11(19)16-6-3-2-5(12)8(13)9(6)14/h2-3H,1H3,(H,16,19)(H3,15,17,18). The highest BCUT2D eigenvalue weighted by molar-refractivity contribution is 9.10. The molecule has 0 saturated carbocycles. The maximum Gasteiger partial charge on any atom is 0.261 e.